The highest BCUT2D eigenvalue weighted by Gasteiger charge is 2.27. The molecule has 2 N–H and O–H groups in total. The number of nitrogens with zero attached hydrogens (tertiary/aromatic N) is 3. The van der Waals surface area contributed by atoms with Crippen LogP contribution in [0.25, 0.3) is 0 Å². The van der Waals surface area contributed by atoms with Gasteiger partial charge in [0.2, 0.25) is 0 Å². The summed E-state index contributed by atoms with van der Waals surface area (Å²) in [5, 5.41) is 15.7. The number of carboxylic acids is 1. The van der Waals surface area contributed by atoms with Gasteiger partial charge in [-0.15, -0.1) is 0 Å². The van der Waals surface area contributed by atoms with Gasteiger partial charge in [-0.3, -0.25) is 9.48 Å². The average molecular weight is 282 g/mol. The molecule has 0 aliphatic heterocycles. The van der Waals surface area contributed by atoms with Gasteiger partial charge in [0.15, 0.2) is 0 Å². The van der Waals surface area contributed by atoms with Crippen molar-refractivity contribution in [2.24, 2.45) is 0 Å². The Morgan fingerprint density at radius 2 is 2.10 bits per heavy atom. The molecule has 1 heterocycles. The molecule has 7 heteroatoms. The summed E-state index contributed by atoms with van der Waals surface area (Å²) in [7, 11) is 0. The number of aromatic nitrogens is 2. The molecular formula is C13H22N4O3. The molecule has 0 saturated heterocycles. The number of carbonyl (C=O) groups excluding carboxylic acids is 1. The molecule has 1 aromatic rings. The van der Waals surface area contributed by atoms with Crippen LogP contribution in [0.3, 0.4) is 0 Å². The predicted molar refractivity (Wildman–Crippen MR) is 74.3 cm³/mol. The maximum atomic E-state index is 12.0. The molecule has 20 heavy (non-hydrogen) atoms. The molecular weight excluding hydrogens is 260 g/mol. The molecule has 0 aromatic carbocycles. The van der Waals surface area contributed by atoms with Crippen LogP contribution in [0.5, 0.6) is 0 Å². The van der Waals surface area contributed by atoms with Gasteiger partial charge in [0.1, 0.15) is 6.54 Å². The Morgan fingerprint density at radius 1 is 1.40 bits per heavy atom. The molecule has 1 rings (SSSR count). The summed E-state index contributed by atoms with van der Waals surface area (Å²) in [4.78, 5) is 24.1. The smallest absolute Gasteiger partial charge is 0.323 e. The molecule has 2 amide bonds. The standard InChI is InChI=1S/C13H22N4O3/c1-13(2,3)17(10-11(18)19)12(20)14-6-4-8-16-9-5-7-15-16/h5,7,9H,4,6,8,10H2,1-3H3,(H,14,20)(H,18,19). The quantitative estimate of drug-likeness (QED) is 0.767. The lowest BCUT2D eigenvalue weighted by atomic mass is 10.1. The summed E-state index contributed by atoms with van der Waals surface area (Å²) in [6.45, 7) is 6.29. The van der Waals surface area contributed by atoms with E-state index in [2.05, 4.69) is 10.4 Å². The van der Waals surface area contributed by atoms with Crippen LogP contribution in [0.15, 0.2) is 18.5 Å². The Bertz CT molecular complexity index is 437. The maximum Gasteiger partial charge on any atom is 0.323 e. The van der Waals surface area contributed by atoms with E-state index in [4.69, 9.17) is 5.11 Å². The predicted octanol–water partition coefficient (Wildman–Crippen LogP) is 1.17. The van der Waals surface area contributed by atoms with Gasteiger partial charge in [0.25, 0.3) is 0 Å². The van der Waals surface area contributed by atoms with Crippen LogP contribution in [0.1, 0.15) is 27.2 Å². The van der Waals surface area contributed by atoms with Crippen molar-refractivity contribution in [3.63, 3.8) is 0 Å². The Kier molecular flexibility index (Phi) is 5.54. The van der Waals surface area contributed by atoms with Crippen molar-refractivity contribution in [3.05, 3.63) is 18.5 Å². The molecule has 112 valence electrons. The third-order valence-corrected chi connectivity index (χ3v) is 2.75. The van der Waals surface area contributed by atoms with Crippen molar-refractivity contribution < 1.29 is 14.7 Å². The molecule has 0 atom stereocenters. The minimum Gasteiger partial charge on any atom is -0.480 e. The third kappa shape index (κ3) is 5.29. The van der Waals surface area contributed by atoms with E-state index >= 15 is 0 Å². The van der Waals surface area contributed by atoms with Gasteiger partial charge in [-0.2, -0.15) is 5.10 Å². The Labute approximate surface area is 118 Å². The molecule has 1 aromatic heterocycles. The third-order valence-electron chi connectivity index (χ3n) is 2.75. The Hall–Kier alpha value is -2.05. The Morgan fingerprint density at radius 3 is 2.60 bits per heavy atom. The first-order valence-corrected chi connectivity index (χ1v) is 6.55. The lowest BCUT2D eigenvalue weighted by molar-refractivity contribution is -0.138. The first-order chi connectivity index (χ1) is 9.30. The maximum absolute atomic E-state index is 12.0. The summed E-state index contributed by atoms with van der Waals surface area (Å²) < 4.78 is 1.78. The number of aliphatic carboxylic acids is 1. The molecule has 0 fully saturated rings. The second-order valence-electron chi connectivity index (χ2n) is 5.51. The van der Waals surface area contributed by atoms with Gasteiger partial charge < -0.3 is 15.3 Å². The number of urea groups is 1. The number of hydrogen-bond donors (Lipinski definition) is 2. The summed E-state index contributed by atoms with van der Waals surface area (Å²) in [5.74, 6) is -1.02. The first kappa shape index (κ1) is 16.0. The number of nitrogens with one attached hydrogen (secondary N) is 1. The van der Waals surface area contributed by atoms with E-state index in [1.54, 1.807) is 31.6 Å². The Balaban J connectivity index is 2.40. The fourth-order valence-corrected chi connectivity index (χ4v) is 1.71. The summed E-state index contributed by atoms with van der Waals surface area (Å²) in [5.41, 5.74) is -0.537. The number of amides is 2. The van der Waals surface area contributed by atoms with E-state index in [0.717, 1.165) is 6.42 Å². The number of rotatable bonds is 6. The summed E-state index contributed by atoms with van der Waals surface area (Å²) in [6, 6.07) is 1.48. The van der Waals surface area contributed by atoms with E-state index in [-0.39, 0.29) is 12.6 Å². The summed E-state index contributed by atoms with van der Waals surface area (Å²) in [6.07, 6.45) is 4.29. The van der Waals surface area contributed by atoms with Gasteiger partial charge in [0.05, 0.1) is 0 Å². The lowest BCUT2D eigenvalue weighted by Gasteiger charge is -2.34. The zero-order valence-electron chi connectivity index (χ0n) is 12.2. The van der Waals surface area contributed by atoms with Crippen molar-refractivity contribution in [2.45, 2.75) is 39.3 Å². The topological polar surface area (TPSA) is 87.5 Å². The van der Waals surface area contributed by atoms with Crippen LogP contribution in [0.2, 0.25) is 0 Å². The van der Waals surface area contributed by atoms with Crippen LogP contribution in [0.4, 0.5) is 4.79 Å². The fourth-order valence-electron chi connectivity index (χ4n) is 1.71. The molecule has 0 aliphatic rings. The van der Waals surface area contributed by atoms with Crippen molar-refractivity contribution in [1.82, 2.24) is 20.0 Å². The van der Waals surface area contributed by atoms with E-state index in [1.807, 2.05) is 12.3 Å². The number of aryl methyl sites for hydroxylation is 1. The molecule has 0 aliphatic carbocycles. The minimum atomic E-state index is -1.02. The molecule has 0 radical (unpaired) electrons. The van der Waals surface area contributed by atoms with Gasteiger partial charge in [0, 0.05) is 31.0 Å². The molecule has 0 bridgehead atoms. The van der Waals surface area contributed by atoms with Crippen LogP contribution < -0.4 is 5.32 Å². The number of hydrogen-bond acceptors (Lipinski definition) is 3. The zero-order valence-corrected chi connectivity index (χ0v) is 12.2. The number of carboxylic acid groups (broad SMARTS) is 1. The highest BCUT2D eigenvalue weighted by atomic mass is 16.4. The molecule has 0 unspecified atom stereocenters. The molecule has 0 saturated carbocycles. The second-order valence-corrected chi connectivity index (χ2v) is 5.51. The normalized spacial score (nSPS) is 11.2. The van der Waals surface area contributed by atoms with Gasteiger partial charge in [-0.25, -0.2) is 4.79 Å². The fraction of sp³-hybridized carbons (Fsp3) is 0.615. The van der Waals surface area contributed by atoms with E-state index in [0.29, 0.717) is 13.1 Å². The zero-order chi connectivity index (χ0) is 15.2. The van der Waals surface area contributed by atoms with Crippen LogP contribution in [-0.4, -0.2) is 50.4 Å². The van der Waals surface area contributed by atoms with Crippen LogP contribution in [-0.2, 0) is 11.3 Å². The monoisotopic (exact) mass is 282 g/mol. The van der Waals surface area contributed by atoms with Crippen molar-refractivity contribution in [2.75, 3.05) is 13.1 Å². The highest BCUT2D eigenvalue weighted by Crippen LogP contribution is 2.12. The minimum absolute atomic E-state index is 0.311. The van der Waals surface area contributed by atoms with E-state index in [9.17, 15) is 9.59 Å². The van der Waals surface area contributed by atoms with Crippen LogP contribution >= 0.6 is 0 Å². The van der Waals surface area contributed by atoms with E-state index < -0.39 is 11.5 Å². The second kappa shape index (κ2) is 6.93. The van der Waals surface area contributed by atoms with Crippen molar-refractivity contribution in [1.29, 1.82) is 0 Å². The van der Waals surface area contributed by atoms with Crippen molar-refractivity contribution in [3.8, 4) is 0 Å². The lowest BCUT2D eigenvalue weighted by Crippen LogP contribution is -2.52. The average Bonchev–Trinajstić information content (AvgIpc) is 2.82. The SMILES string of the molecule is CC(C)(C)N(CC(=O)O)C(=O)NCCCn1cccn1. The number of carbonyl (C=O) groups is 2. The van der Waals surface area contributed by atoms with Gasteiger partial charge in [-0.05, 0) is 33.3 Å². The van der Waals surface area contributed by atoms with Gasteiger partial charge >= 0.3 is 12.0 Å². The molecule has 7 nitrogen and oxygen atoms in total. The van der Waals surface area contributed by atoms with Crippen molar-refractivity contribution >= 4 is 12.0 Å². The van der Waals surface area contributed by atoms with Crippen LogP contribution in [0, 0.1) is 0 Å². The largest absolute Gasteiger partial charge is 0.480 e. The summed E-state index contributed by atoms with van der Waals surface area (Å²) >= 11 is 0. The van der Waals surface area contributed by atoms with E-state index in [1.165, 1.54) is 4.90 Å². The molecule has 0 spiro atoms. The van der Waals surface area contributed by atoms with Gasteiger partial charge in [-0.1, -0.05) is 0 Å². The first-order valence-electron chi connectivity index (χ1n) is 6.55. The highest BCUT2D eigenvalue weighted by molar-refractivity contribution is 5.80.